The lowest BCUT2D eigenvalue weighted by Crippen LogP contribution is -2.39. The Morgan fingerprint density at radius 1 is 1.03 bits per heavy atom. The lowest BCUT2D eigenvalue weighted by Gasteiger charge is -2.25. The molecule has 0 aliphatic carbocycles. The molecule has 0 radical (unpaired) electrons. The van der Waals surface area contributed by atoms with E-state index in [9.17, 15) is 4.79 Å². The third kappa shape index (κ3) is 5.34. The minimum atomic E-state index is -0.143. The molecule has 32 heavy (non-hydrogen) atoms. The molecule has 1 aromatic heterocycles. The van der Waals surface area contributed by atoms with Gasteiger partial charge in [-0.1, -0.05) is 31.3 Å². The van der Waals surface area contributed by atoms with E-state index in [1.807, 2.05) is 6.07 Å². The summed E-state index contributed by atoms with van der Waals surface area (Å²) in [4.78, 5) is 22.6. The molecule has 6 nitrogen and oxygen atoms in total. The summed E-state index contributed by atoms with van der Waals surface area (Å²) in [5.41, 5.74) is 3.80. The number of para-hydroxylation sites is 1. The molecule has 0 bridgehead atoms. The number of rotatable bonds is 9. The molecular weight excluding hydrogens is 446 g/mol. The zero-order valence-corrected chi connectivity index (χ0v) is 21.2. The summed E-state index contributed by atoms with van der Waals surface area (Å²) in [6.45, 7) is 11.6. The number of aromatic nitrogens is 1. The number of aryl methyl sites for hydroxylation is 2. The molecule has 0 spiro atoms. The number of anilines is 1. The van der Waals surface area contributed by atoms with Gasteiger partial charge in [0.15, 0.2) is 16.6 Å². The van der Waals surface area contributed by atoms with Gasteiger partial charge in [-0.3, -0.25) is 9.69 Å². The molecule has 174 valence electrons. The van der Waals surface area contributed by atoms with Crippen molar-refractivity contribution in [2.45, 2.75) is 27.7 Å². The lowest BCUT2D eigenvalue weighted by atomic mass is 10.1. The Hall–Kier alpha value is -2.35. The molecule has 1 amide bonds. The second kappa shape index (κ2) is 11.5. The molecule has 2 aromatic carbocycles. The number of carbonyl (C=O) groups excluding carboxylic acids is 1. The summed E-state index contributed by atoms with van der Waals surface area (Å²) >= 11 is 1.54. The van der Waals surface area contributed by atoms with Crippen molar-refractivity contribution >= 4 is 45.0 Å². The minimum Gasteiger partial charge on any atom is -0.493 e. The van der Waals surface area contributed by atoms with Crippen molar-refractivity contribution < 1.29 is 14.3 Å². The van der Waals surface area contributed by atoms with Gasteiger partial charge in [0, 0.05) is 13.1 Å². The fourth-order valence-corrected chi connectivity index (χ4v) is 4.62. The highest BCUT2D eigenvalue weighted by atomic mass is 35.5. The highest BCUT2D eigenvalue weighted by Crippen LogP contribution is 2.35. The molecule has 0 aliphatic rings. The number of hydrogen-bond donors (Lipinski definition) is 0. The lowest BCUT2D eigenvalue weighted by molar-refractivity contribution is 0.0980. The number of carbonyl (C=O) groups is 1. The Morgan fingerprint density at radius 2 is 1.72 bits per heavy atom. The van der Waals surface area contributed by atoms with Gasteiger partial charge in [-0.05, 0) is 62.3 Å². The molecule has 1 heterocycles. The van der Waals surface area contributed by atoms with E-state index in [1.54, 1.807) is 42.6 Å². The van der Waals surface area contributed by atoms with Crippen molar-refractivity contribution in [3.05, 3.63) is 47.0 Å². The van der Waals surface area contributed by atoms with Crippen LogP contribution in [0.25, 0.3) is 10.2 Å². The average Bonchev–Trinajstić information content (AvgIpc) is 3.18. The van der Waals surface area contributed by atoms with Crippen molar-refractivity contribution in [2.24, 2.45) is 0 Å². The van der Waals surface area contributed by atoms with Crippen LogP contribution in [-0.4, -0.2) is 56.2 Å². The third-order valence-electron chi connectivity index (χ3n) is 5.64. The van der Waals surface area contributed by atoms with E-state index in [0.717, 1.165) is 29.9 Å². The molecular formula is C24H32ClN3O3S. The van der Waals surface area contributed by atoms with Crippen LogP contribution < -0.4 is 14.4 Å². The van der Waals surface area contributed by atoms with Gasteiger partial charge in [-0.15, -0.1) is 12.4 Å². The topological polar surface area (TPSA) is 54.9 Å². The first kappa shape index (κ1) is 25.9. The number of nitrogens with zero attached hydrogens (tertiary/aromatic N) is 3. The van der Waals surface area contributed by atoms with Crippen LogP contribution in [0.15, 0.2) is 30.3 Å². The van der Waals surface area contributed by atoms with Gasteiger partial charge in [0.1, 0.15) is 0 Å². The zero-order valence-electron chi connectivity index (χ0n) is 19.6. The van der Waals surface area contributed by atoms with Crippen LogP contribution in [0.2, 0.25) is 0 Å². The first-order valence-electron chi connectivity index (χ1n) is 10.6. The number of ether oxygens (including phenoxy) is 2. The van der Waals surface area contributed by atoms with Crippen LogP contribution in [0.5, 0.6) is 11.5 Å². The van der Waals surface area contributed by atoms with Crippen molar-refractivity contribution in [3.63, 3.8) is 0 Å². The van der Waals surface area contributed by atoms with E-state index in [2.05, 4.69) is 44.7 Å². The maximum atomic E-state index is 13.7. The van der Waals surface area contributed by atoms with Gasteiger partial charge >= 0.3 is 0 Å². The maximum Gasteiger partial charge on any atom is 0.264 e. The standard InChI is InChI=1S/C24H31N3O3S.ClH/c1-7-26(8-2)12-13-27(23(28)18-10-9-11-20(29-5)22(18)30-6)24-25-19-14-16(3)17(4)15-21(19)31-24;/h9-11,14-15H,7-8,12-13H2,1-6H3;1H. The highest BCUT2D eigenvalue weighted by molar-refractivity contribution is 7.22. The average molecular weight is 478 g/mol. The van der Waals surface area contributed by atoms with Crippen molar-refractivity contribution in [1.29, 1.82) is 0 Å². The summed E-state index contributed by atoms with van der Waals surface area (Å²) < 4.78 is 12.0. The number of fused-ring (bicyclic) bond motifs is 1. The van der Waals surface area contributed by atoms with Crippen molar-refractivity contribution in [1.82, 2.24) is 9.88 Å². The smallest absolute Gasteiger partial charge is 0.264 e. The fraction of sp³-hybridized carbons (Fsp3) is 0.417. The number of amides is 1. The van der Waals surface area contributed by atoms with E-state index >= 15 is 0 Å². The Balaban J connectivity index is 0.00000363. The fourth-order valence-electron chi connectivity index (χ4n) is 3.55. The van der Waals surface area contributed by atoms with Crippen LogP contribution >= 0.6 is 23.7 Å². The van der Waals surface area contributed by atoms with Gasteiger partial charge in [0.05, 0.1) is 30.0 Å². The van der Waals surface area contributed by atoms with E-state index < -0.39 is 0 Å². The van der Waals surface area contributed by atoms with Crippen LogP contribution in [0.3, 0.4) is 0 Å². The van der Waals surface area contributed by atoms with Crippen LogP contribution in [-0.2, 0) is 0 Å². The Labute approximate surface area is 200 Å². The minimum absolute atomic E-state index is 0. The molecule has 0 atom stereocenters. The number of likely N-dealkylation sites (N-methyl/N-ethyl adjacent to an activating group) is 1. The number of hydrogen-bond acceptors (Lipinski definition) is 6. The van der Waals surface area contributed by atoms with Gasteiger partial charge in [0.25, 0.3) is 5.91 Å². The van der Waals surface area contributed by atoms with Gasteiger partial charge < -0.3 is 14.4 Å². The van der Waals surface area contributed by atoms with Crippen LogP contribution in [0, 0.1) is 13.8 Å². The molecule has 3 aromatic rings. The van der Waals surface area contributed by atoms with E-state index in [-0.39, 0.29) is 18.3 Å². The second-order valence-corrected chi connectivity index (χ2v) is 8.43. The predicted octanol–water partition coefficient (Wildman–Crippen LogP) is 5.34. The zero-order chi connectivity index (χ0) is 22.5. The summed E-state index contributed by atoms with van der Waals surface area (Å²) in [5, 5.41) is 0.696. The van der Waals surface area contributed by atoms with Crippen molar-refractivity contribution in [3.8, 4) is 11.5 Å². The summed E-state index contributed by atoms with van der Waals surface area (Å²) in [5.74, 6) is 0.832. The summed E-state index contributed by atoms with van der Waals surface area (Å²) in [7, 11) is 3.13. The monoisotopic (exact) mass is 477 g/mol. The third-order valence-corrected chi connectivity index (χ3v) is 6.68. The highest BCUT2D eigenvalue weighted by Gasteiger charge is 2.26. The maximum absolute atomic E-state index is 13.7. The molecule has 0 N–H and O–H groups in total. The Morgan fingerprint density at radius 3 is 2.34 bits per heavy atom. The number of halogens is 1. The molecule has 8 heteroatoms. The molecule has 0 saturated carbocycles. The number of thiazole rings is 1. The normalized spacial score (nSPS) is 10.8. The van der Waals surface area contributed by atoms with E-state index in [4.69, 9.17) is 14.5 Å². The summed E-state index contributed by atoms with van der Waals surface area (Å²) in [6, 6.07) is 9.60. The molecule has 0 aliphatic heterocycles. The molecule has 0 fully saturated rings. The van der Waals surface area contributed by atoms with Gasteiger partial charge in [-0.25, -0.2) is 4.98 Å². The SMILES string of the molecule is CCN(CC)CCN(C(=O)c1cccc(OC)c1OC)c1nc2cc(C)c(C)cc2s1.Cl. The summed E-state index contributed by atoms with van der Waals surface area (Å²) in [6.07, 6.45) is 0. The largest absolute Gasteiger partial charge is 0.493 e. The van der Waals surface area contributed by atoms with E-state index in [1.165, 1.54) is 11.1 Å². The van der Waals surface area contributed by atoms with Crippen LogP contribution in [0.1, 0.15) is 35.3 Å². The second-order valence-electron chi connectivity index (χ2n) is 7.43. The van der Waals surface area contributed by atoms with Crippen LogP contribution in [0.4, 0.5) is 5.13 Å². The quantitative estimate of drug-likeness (QED) is 0.416. The first-order chi connectivity index (χ1) is 14.9. The number of methoxy groups -OCH3 is 2. The van der Waals surface area contributed by atoms with Gasteiger partial charge in [-0.2, -0.15) is 0 Å². The molecule has 3 rings (SSSR count). The Bertz CT molecular complexity index is 1030. The van der Waals surface area contributed by atoms with E-state index in [0.29, 0.717) is 28.7 Å². The number of benzene rings is 2. The van der Waals surface area contributed by atoms with Gasteiger partial charge in [0.2, 0.25) is 0 Å². The first-order valence-corrected chi connectivity index (χ1v) is 11.4. The van der Waals surface area contributed by atoms with Crippen molar-refractivity contribution in [2.75, 3.05) is 45.3 Å². The molecule has 0 unspecified atom stereocenters. The predicted molar refractivity (Wildman–Crippen MR) is 135 cm³/mol. The molecule has 0 saturated heterocycles. The Kier molecular flexibility index (Phi) is 9.31.